The van der Waals surface area contributed by atoms with Crippen molar-refractivity contribution in [2.75, 3.05) is 7.11 Å². The molecule has 1 rings (SSSR count). The summed E-state index contributed by atoms with van der Waals surface area (Å²) >= 11 is 0. The van der Waals surface area contributed by atoms with Crippen LogP contribution in [0.4, 0.5) is 0 Å². The van der Waals surface area contributed by atoms with Crippen molar-refractivity contribution in [3.8, 4) is 0 Å². The van der Waals surface area contributed by atoms with Gasteiger partial charge in [-0.3, -0.25) is 0 Å². The van der Waals surface area contributed by atoms with E-state index in [0.717, 1.165) is 18.0 Å². The molecule has 1 aliphatic heterocycles. The Morgan fingerprint density at radius 2 is 2.15 bits per heavy atom. The number of hydrogen-bond donors (Lipinski definition) is 0. The number of nitrogens with zero attached hydrogens (tertiary/aromatic N) is 1. The lowest BCUT2D eigenvalue weighted by molar-refractivity contribution is 0.382. The molecule has 2 heteroatoms. The highest BCUT2D eigenvalue weighted by atomic mass is 16.5. The first-order valence-corrected chi connectivity index (χ1v) is 4.60. The van der Waals surface area contributed by atoms with E-state index >= 15 is 0 Å². The van der Waals surface area contributed by atoms with Gasteiger partial charge in [-0.2, -0.15) is 0 Å². The monoisotopic (exact) mass is 179 g/mol. The number of rotatable bonds is 0. The maximum atomic E-state index is 5.18. The zero-order chi connectivity index (χ0) is 9.84. The van der Waals surface area contributed by atoms with Crippen molar-refractivity contribution in [3.05, 3.63) is 23.4 Å². The SMILES string of the molecule is COC1=NC(C)=CC(C)=C[C@H](C)C1. The van der Waals surface area contributed by atoms with Gasteiger partial charge in [0.15, 0.2) is 5.90 Å². The summed E-state index contributed by atoms with van der Waals surface area (Å²) in [4.78, 5) is 4.37. The van der Waals surface area contributed by atoms with Gasteiger partial charge < -0.3 is 4.74 Å². The summed E-state index contributed by atoms with van der Waals surface area (Å²) in [6.45, 7) is 6.27. The Labute approximate surface area is 80.0 Å². The van der Waals surface area contributed by atoms with Crippen molar-refractivity contribution >= 4 is 5.90 Å². The van der Waals surface area contributed by atoms with Crippen molar-refractivity contribution < 1.29 is 4.74 Å². The lowest BCUT2D eigenvalue weighted by Gasteiger charge is -2.12. The van der Waals surface area contributed by atoms with Gasteiger partial charge in [0.1, 0.15) is 0 Å². The quantitative estimate of drug-likeness (QED) is 0.560. The minimum absolute atomic E-state index is 0.503. The average Bonchev–Trinajstić information content (AvgIpc) is 1.99. The third-order valence-corrected chi connectivity index (χ3v) is 2.02. The second kappa shape index (κ2) is 4.26. The Hall–Kier alpha value is -1.05. The van der Waals surface area contributed by atoms with E-state index in [1.165, 1.54) is 5.57 Å². The van der Waals surface area contributed by atoms with Crippen LogP contribution in [0.5, 0.6) is 0 Å². The van der Waals surface area contributed by atoms with Gasteiger partial charge in [0.2, 0.25) is 0 Å². The van der Waals surface area contributed by atoms with Crippen LogP contribution < -0.4 is 0 Å². The molecule has 0 fully saturated rings. The predicted octanol–water partition coefficient (Wildman–Crippen LogP) is 2.92. The Morgan fingerprint density at radius 3 is 2.77 bits per heavy atom. The average molecular weight is 179 g/mol. The summed E-state index contributed by atoms with van der Waals surface area (Å²) in [5, 5.41) is 0. The van der Waals surface area contributed by atoms with Crippen LogP contribution in [-0.2, 0) is 4.74 Å². The van der Waals surface area contributed by atoms with E-state index < -0.39 is 0 Å². The largest absolute Gasteiger partial charge is 0.484 e. The predicted molar refractivity (Wildman–Crippen MR) is 55.7 cm³/mol. The fraction of sp³-hybridized carbons (Fsp3) is 0.545. The molecule has 0 unspecified atom stereocenters. The molecular weight excluding hydrogens is 162 g/mol. The van der Waals surface area contributed by atoms with Crippen LogP contribution in [0.3, 0.4) is 0 Å². The van der Waals surface area contributed by atoms with Crippen molar-refractivity contribution in [1.29, 1.82) is 0 Å². The number of methoxy groups -OCH3 is 1. The van der Waals surface area contributed by atoms with Crippen molar-refractivity contribution in [2.24, 2.45) is 10.9 Å². The van der Waals surface area contributed by atoms with Gasteiger partial charge in [-0.1, -0.05) is 18.6 Å². The van der Waals surface area contributed by atoms with Crippen LogP contribution in [0.15, 0.2) is 28.4 Å². The van der Waals surface area contributed by atoms with Crippen molar-refractivity contribution in [3.63, 3.8) is 0 Å². The van der Waals surface area contributed by atoms with E-state index in [0.29, 0.717) is 5.92 Å². The van der Waals surface area contributed by atoms with E-state index in [2.05, 4.69) is 31.0 Å². The standard InChI is InChI=1S/C11H17NO/c1-8-5-9(2)7-11(13-4)12-10(3)6-8/h5-6,9H,7H2,1-4H3/t9-/m0/s1. The van der Waals surface area contributed by atoms with Gasteiger partial charge in [-0.15, -0.1) is 0 Å². The van der Waals surface area contributed by atoms with Crippen LogP contribution in [-0.4, -0.2) is 13.0 Å². The second-order valence-electron chi connectivity index (χ2n) is 3.59. The van der Waals surface area contributed by atoms with Gasteiger partial charge in [0.25, 0.3) is 0 Å². The molecule has 1 atom stereocenters. The van der Waals surface area contributed by atoms with Crippen LogP contribution in [0.25, 0.3) is 0 Å². The minimum Gasteiger partial charge on any atom is -0.484 e. The molecule has 0 saturated heterocycles. The van der Waals surface area contributed by atoms with Gasteiger partial charge in [0, 0.05) is 12.1 Å². The molecule has 0 aromatic heterocycles. The van der Waals surface area contributed by atoms with Crippen LogP contribution in [0, 0.1) is 5.92 Å². The highest BCUT2D eigenvalue weighted by Crippen LogP contribution is 2.15. The summed E-state index contributed by atoms with van der Waals surface area (Å²) in [7, 11) is 1.68. The molecule has 0 N–H and O–H groups in total. The van der Waals surface area contributed by atoms with Crippen molar-refractivity contribution in [2.45, 2.75) is 27.2 Å². The van der Waals surface area contributed by atoms with Gasteiger partial charge in [0.05, 0.1) is 7.11 Å². The summed E-state index contributed by atoms with van der Waals surface area (Å²) in [6.07, 6.45) is 5.21. The maximum absolute atomic E-state index is 5.18. The fourth-order valence-corrected chi connectivity index (χ4v) is 1.56. The van der Waals surface area contributed by atoms with Crippen LogP contribution in [0.2, 0.25) is 0 Å². The van der Waals surface area contributed by atoms with Gasteiger partial charge >= 0.3 is 0 Å². The number of aliphatic imine (C=N–C) groups is 1. The minimum atomic E-state index is 0.503. The molecule has 0 aliphatic carbocycles. The molecule has 0 aromatic rings. The first kappa shape index (κ1) is 10.0. The van der Waals surface area contributed by atoms with Crippen molar-refractivity contribution in [1.82, 2.24) is 0 Å². The Balaban J connectivity index is 2.94. The molecule has 0 spiro atoms. The van der Waals surface area contributed by atoms with E-state index in [1.54, 1.807) is 7.11 Å². The molecule has 13 heavy (non-hydrogen) atoms. The molecule has 1 heterocycles. The highest BCUT2D eigenvalue weighted by Gasteiger charge is 2.08. The topological polar surface area (TPSA) is 21.6 Å². The van der Waals surface area contributed by atoms with E-state index in [1.807, 2.05) is 6.92 Å². The third kappa shape index (κ3) is 3.05. The lowest BCUT2D eigenvalue weighted by atomic mass is 10.0. The first-order valence-electron chi connectivity index (χ1n) is 4.60. The lowest BCUT2D eigenvalue weighted by Crippen LogP contribution is -2.08. The summed E-state index contributed by atoms with van der Waals surface area (Å²) in [5.41, 5.74) is 2.29. The Kier molecular flexibility index (Phi) is 3.29. The molecule has 72 valence electrons. The van der Waals surface area contributed by atoms with Crippen LogP contribution in [0.1, 0.15) is 27.2 Å². The second-order valence-corrected chi connectivity index (χ2v) is 3.59. The summed E-state index contributed by atoms with van der Waals surface area (Å²) in [5.74, 6) is 1.33. The van der Waals surface area contributed by atoms with E-state index in [4.69, 9.17) is 4.74 Å². The normalized spacial score (nSPS) is 23.7. The van der Waals surface area contributed by atoms with Crippen LogP contribution >= 0.6 is 0 Å². The third-order valence-electron chi connectivity index (χ3n) is 2.02. The Morgan fingerprint density at radius 1 is 1.46 bits per heavy atom. The molecule has 2 nitrogen and oxygen atoms in total. The highest BCUT2D eigenvalue weighted by molar-refractivity contribution is 5.77. The zero-order valence-electron chi connectivity index (χ0n) is 8.79. The number of ether oxygens (including phenoxy) is 1. The molecular formula is C11H17NO. The molecule has 1 aliphatic rings. The summed E-state index contributed by atoms with van der Waals surface area (Å²) < 4.78 is 5.18. The number of hydrogen-bond acceptors (Lipinski definition) is 2. The van der Waals surface area contributed by atoms with Gasteiger partial charge in [-0.25, -0.2) is 4.99 Å². The van der Waals surface area contributed by atoms with Gasteiger partial charge in [-0.05, 0) is 25.8 Å². The molecule has 0 amide bonds. The van der Waals surface area contributed by atoms with E-state index in [-0.39, 0.29) is 0 Å². The fourth-order valence-electron chi connectivity index (χ4n) is 1.56. The maximum Gasteiger partial charge on any atom is 0.188 e. The molecule has 0 saturated carbocycles. The first-order chi connectivity index (χ1) is 6.11. The zero-order valence-corrected chi connectivity index (χ0v) is 8.79. The van der Waals surface area contributed by atoms with E-state index in [9.17, 15) is 0 Å². The molecule has 0 bridgehead atoms. The smallest absolute Gasteiger partial charge is 0.188 e. The summed E-state index contributed by atoms with van der Waals surface area (Å²) in [6, 6.07) is 0. The number of allylic oxidation sites excluding steroid dienone is 4. The molecule has 0 aromatic carbocycles. The molecule has 0 radical (unpaired) electrons. The Bertz CT molecular complexity index is 274.